The highest BCUT2D eigenvalue weighted by Gasteiger charge is 2.30. The highest BCUT2D eigenvalue weighted by molar-refractivity contribution is 5.80. The van der Waals surface area contributed by atoms with Crippen LogP contribution >= 0.6 is 0 Å². The molecule has 1 aliphatic rings. The van der Waals surface area contributed by atoms with E-state index in [9.17, 15) is 9.59 Å². The summed E-state index contributed by atoms with van der Waals surface area (Å²) in [6.45, 7) is 8.53. The molecule has 0 heterocycles. The highest BCUT2D eigenvalue weighted by Crippen LogP contribution is 2.22. The second kappa shape index (κ2) is 13.2. The van der Waals surface area contributed by atoms with Gasteiger partial charge in [0.05, 0.1) is 0 Å². The van der Waals surface area contributed by atoms with Crippen LogP contribution in [0.3, 0.4) is 0 Å². The van der Waals surface area contributed by atoms with Crippen LogP contribution in [-0.2, 0) is 9.59 Å². The Kier molecular flexibility index (Phi) is 11.6. The van der Waals surface area contributed by atoms with Gasteiger partial charge in [-0.15, -0.1) is 0 Å². The van der Waals surface area contributed by atoms with Gasteiger partial charge in [-0.1, -0.05) is 66.2 Å². The third-order valence-corrected chi connectivity index (χ3v) is 5.96. The Labute approximate surface area is 161 Å². The number of nitrogens with one attached hydrogen (secondary N) is 2. The predicted molar refractivity (Wildman–Crippen MR) is 109 cm³/mol. The van der Waals surface area contributed by atoms with Crippen molar-refractivity contribution in [1.82, 2.24) is 10.6 Å². The largest absolute Gasteiger partial charge is 0.351 e. The fraction of sp³-hybridized carbons (Fsp3) is 0.909. The van der Waals surface area contributed by atoms with Crippen molar-refractivity contribution in [2.24, 2.45) is 11.8 Å². The maximum atomic E-state index is 12.7. The van der Waals surface area contributed by atoms with Crippen molar-refractivity contribution in [3.8, 4) is 0 Å². The number of hydrogen-bond acceptors (Lipinski definition) is 2. The van der Waals surface area contributed by atoms with Crippen molar-refractivity contribution in [2.45, 2.75) is 117 Å². The average Bonchev–Trinajstić information content (AvgIpc) is 2.64. The maximum absolute atomic E-state index is 12.7. The highest BCUT2D eigenvalue weighted by atomic mass is 16.2. The zero-order chi connectivity index (χ0) is 19.4. The standard InChI is InChI=1S/C22H42N2O2/c1-5-9-13-17(7-3)21(25)23-19-15-11-12-16-20(19)24-22(26)18(8-4)14-10-6-2/h17-20H,5-16H2,1-4H3,(H,23,25)(H,24,26). The third-order valence-electron chi connectivity index (χ3n) is 5.96. The van der Waals surface area contributed by atoms with Gasteiger partial charge in [0.15, 0.2) is 0 Å². The Hall–Kier alpha value is -1.06. The summed E-state index contributed by atoms with van der Waals surface area (Å²) in [5, 5.41) is 6.56. The molecular formula is C22H42N2O2. The summed E-state index contributed by atoms with van der Waals surface area (Å²) in [6, 6.07) is 0.194. The summed E-state index contributed by atoms with van der Waals surface area (Å²) < 4.78 is 0. The first-order valence-corrected chi connectivity index (χ1v) is 11.2. The minimum atomic E-state index is 0.0968. The van der Waals surface area contributed by atoms with E-state index < -0.39 is 0 Å². The first kappa shape index (κ1) is 23.0. The van der Waals surface area contributed by atoms with Gasteiger partial charge >= 0.3 is 0 Å². The topological polar surface area (TPSA) is 58.2 Å². The lowest BCUT2D eigenvalue weighted by Crippen LogP contribution is -2.55. The Bertz CT molecular complexity index is 373. The molecule has 0 saturated heterocycles. The van der Waals surface area contributed by atoms with Gasteiger partial charge < -0.3 is 10.6 Å². The molecule has 4 nitrogen and oxygen atoms in total. The van der Waals surface area contributed by atoms with Crippen molar-refractivity contribution in [1.29, 1.82) is 0 Å². The zero-order valence-corrected chi connectivity index (χ0v) is 17.6. The Morgan fingerprint density at radius 3 is 1.46 bits per heavy atom. The van der Waals surface area contributed by atoms with Crippen molar-refractivity contribution in [3.05, 3.63) is 0 Å². The molecule has 0 aromatic carbocycles. The summed E-state index contributed by atoms with van der Waals surface area (Å²) in [5.41, 5.74) is 0. The first-order chi connectivity index (χ1) is 12.6. The Balaban J connectivity index is 2.62. The monoisotopic (exact) mass is 366 g/mol. The molecule has 4 unspecified atom stereocenters. The molecule has 0 spiro atoms. The number of rotatable bonds is 12. The zero-order valence-electron chi connectivity index (χ0n) is 17.6. The summed E-state index contributed by atoms with van der Waals surface area (Å²) >= 11 is 0. The molecule has 0 bridgehead atoms. The molecule has 4 heteroatoms. The maximum Gasteiger partial charge on any atom is 0.223 e. The molecule has 1 rings (SSSR count). The molecule has 26 heavy (non-hydrogen) atoms. The molecular weight excluding hydrogens is 324 g/mol. The summed E-state index contributed by atoms with van der Waals surface area (Å²) in [5.74, 6) is 0.595. The van der Waals surface area contributed by atoms with Crippen LogP contribution in [0.2, 0.25) is 0 Å². The van der Waals surface area contributed by atoms with E-state index in [0.29, 0.717) is 0 Å². The summed E-state index contributed by atoms with van der Waals surface area (Å²) in [6.07, 6.45) is 12.4. The summed E-state index contributed by atoms with van der Waals surface area (Å²) in [4.78, 5) is 25.4. The normalized spacial score (nSPS) is 22.5. The second-order valence-electron chi connectivity index (χ2n) is 8.01. The lowest BCUT2D eigenvalue weighted by Gasteiger charge is -2.34. The van der Waals surface area contributed by atoms with Gasteiger partial charge in [0, 0.05) is 23.9 Å². The molecule has 0 radical (unpaired) electrons. The van der Waals surface area contributed by atoms with E-state index >= 15 is 0 Å². The van der Waals surface area contributed by atoms with Crippen LogP contribution in [-0.4, -0.2) is 23.9 Å². The van der Waals surface area contributed by atoms with Crippen molar-refractivity contribution >= 4 is 11.8 Å². The Morgan fingerprint density at radius 2 is 1.15 bits per heavy atom. The number of unbranched alkanes of at least 4 members (excludes halogenated alkanes) is 2. The fourth-order valence-electron chi connectivity index (χ4n) is 4.02. The predicted octanol–water partition coefficient (Wildman–Crippen LogP) is 4.96. The fourth-order valence-corrected chi connectivity index (χ4v) is 4.02. The SMILES string of the molecule is CCCCC(CC)C(=O)NC1CCCCC1NC(=O)C(CC)CCCC. The minimum Gasteiger partial charge on any atom is -0.351 e. The average molecular weight is 367 g/mol. The van der Waals surface area contributed by atoms with Crippen molar-refractivity contribution < 1.29 is 9.59 Å². The van der Waals surface area contributed by atoms with Crippen molar-refractivity contribution in [2.75, 3.05) is 0 Å². The van der Waals surface area contributed by atoms with Crippen LogP contribution in [0.1, 0.15) is 105 Å². The third kappa shape index (κ3) is 7.67. The molecule has 0 aromatic heterocycles. The van der Waals surface area contributed by atoms with Gasteiger partial charge in [-0.3, -0.25) is 9.59 Å². The summed E-state index contributed by atoms with van der Waals surface area (Å²) in [7, 11) is 0. The lowest BCUT2D eigenvalue weighted by atomic mass is 9.88. The van der Waals surface area contributed by atoms with Crippen LogP contribution in [0.4, 0.5) is 0 Å². The second-order valence-corrected chi connectivity index (χ2v) is 8.01. The van der Waals surface area contributed by atoms with Gasteiger partial charge in [0.25, 0.3) is 0 Å². The number of carbonyl (C=O) groups is 2. The molecule has 152 valence electrons. The van der Waals surface area contributed by atoms with Crippen LogP contribution in [0, 0.1) is 11.8 Å². The van der Waals surface area contributed by atoms with Gasteiger partial charge in [-0.05, 0) is 38.5 Å². The molecule has 0 aliphatic heterocycles. The number of hydrogen-bond donors (Lipinski definition) is 2. The molecule has 1 fully saturated rings. The molecule has 0 aromatic rings. The molecule has 2 amide bonds. The van der Waals surface area contributed by atoms with E-state index in [2.05, 4.69) is 38.3 Å². The number of carbonyl (C=O) groups excluding carboxylic acids is 2. The number of amides is 2. The van der Waals surface area contributed by atoms with Crippen LogP contribution in [0.5, 0.6) is 0 Å². The minimum absolute atomic E-state index is 0.0968. The van der Waals surface area contributed by atoms with Gasteiger partial charge in [-0.2, -0.15) is 0 Å². The smallest absolute Gasteiger partial charge is 0.223 e. The van der Waals surface area contributed by atoms with Gasteiger partial charge in [-0.25, -0.2) is 0 Å². The molecule has 1 saturated carbocycles. The lowest BCUT2D eigenvalue weighted by molar-refractivity contribution is -0.129. The van der Waals surface area contributed by atoms with Crippen LogP contribution < -0.4 is 10.6 Å². The van der Waals surface area contributed by atoms with Crippen molar-refractivity contribution in [3.63, 3.8) is 0 Å². The van der Waals surface area contributed by atoms with E-state index in [1.165, 1.54) is 0 Å². The van der Waals surface area contributed by atoms with Gasteiger partial charge in [0.1, 0.15) is 0 Å². The van der Waals surface area contributed by atoms with E-state index in [1.54, 1.807) is 0 Å². The van der Waals surface area contributed by atoms with Crippen LogP contribution in [0.15, 0.2) is 0 Å². The van der Waals surface area contributed by atoms with E-state index in [0.717, 1.165) is 77.0 Å². The van der Waals surface area contributed by atoms with Gasteiger partial charge in [0.2, 0.25) is 11.8 Å². The molecule has 2 N–H and O–H groups in total. The van der Waals surface area contributed by atoms with Crippen LogP contribution in [0.25, 0.3) is 0 Å². The molecule has 4 atom stereocenters. The Morgan fingerprint density at radius 1 is 0.769 bits per heavy atom. The van der Waals surface area contributed by atoms with E-state index in [1.807, 2.05) is 0 Å². The molecule has 1 aliphatic carbocycles. The quantitative estimate of drug-likeness (QED) is 0.513. The van der Waals surface area contributed by atoms with E-state index in [4.69, 9.17) is 0 Å². The first-order valence-electron chi connectivity index (χ1n) is 11.2. The van der Waals surface area contributed by atoms with E-state index in [-0.39, 0.29) is 35.7 Å².